The Morgan fingerprint density at radius 3 is 2.49 bits per heavy atom. The maximum atomic E-state index is 12.9. The summed E-state index contributed by atoms with van der Waals surface area (Å²) in [5.41, 5.74) is 0.899. The number of carbonyl (C=O) groups is 1. The second-order valence-electron chi connectivity index (χ2n) is 8.33. The van der Waals surface area contributed by atoms with Crippen LogP contribution in [0.1, 0.15) is 32.9 Å². The third kappa shape index (κ3) is 6.37. The van der Waals surface area contributed by atoms with Crippen molar-refractivity contribution in [1.29, 1.82) is 0 Å². The lowest BCUT2D eigenvalue weighted by Crippen LogP contribution is -2.25. The fraction of sp³-hybridized carbons (Fsp3) is 0.192. The third-order valence-corrected chi connectivity index (χ3v) is 6.75. The first-order valence-electron chi connectivity index (χ1n) is 11.5. The van der Waals surface area contributed by atoms with Gasteiger partial charge in [0.15, 0.2) is 11.0 Å². The van der Waals surface area contributed by atoms with Gasteiger partial charge in [-0.1, -0.05) is 42.1 Å². The van der Waals surface area contributed by atoms with Crippen LogP contribution in [0.3, 0.4) is 0 Å². The van der Waals surface area contributed by atoms with E-state index in [9.17, 15) is 28.1 Å². The number of halogens is 3. The summed E-state index contributed by atoms with van der Waals surface area (Å²) in [6.07, 6.45) is -4.42. The summed E-state index contributed by atoms with van der Waals surface area (Å²) < 4.78 is 45.9. The summed E-state index contributed by atoms with van der Waals surface area (Å²) in [6, 6.07) is 16.2. The molecule has 1 heterocycles. The van der Waals surface area contributed by atoms with Crippen molar-refractivity contribution >= 4 is 23.4 Å². The minimum absolute atomic E-state index is 0.0631. The molecule has 4 rings (SSSR count). The Morgan fingerprint density at radius 2 is 1.82 bits per heavy atom. The summed E-state index contributed by atoms with van der Waals surface area (Å²) in [5.74, 6) is 0.636. The monoisotopic (exact) mass is 557 g/mol. The van der Waals surface area contributed by atoms with Gasteiger partial charge in [0.25, 0.3) is 11.6 Å². The van der Waals surface area contributed by atoms with Crippen molar-refractivity contribution < 1.29 is 27.6 Å². The molecule has 0 bridgehead atoms. The fourth-order valence-corrected chi connectivity index (χ4v) is 4.63. The zero-order chi connectivity index (χ0) is 28.2. The maximum Gasteiger partial charge on any atom is 0.416 e. The van der Waals surface area contributed by atoms with Gasteiger partial charge in [-0.3, -0.25) is 19.5 Å². The van der Waals surface area contributed by atoms with Crippen LogP contribution in [0.2, 0.25) is 0 Å². The van der Waals surface area contributed by atoms with Crippen LogP contribution in [0, 0.1) is 17.0 Å². The van der Waals surface area contributed by atoms with E-state index in [2.05, 4.69) is 15.5 Å². The number of nitrogens with one attached hydrogen (secondary N) is 1. The molecule has 0 fully saturated rings. The van der Waals surface area contributed by atoms with E-state index in [1.165, 1.54) is 49.2 Å². The van der Waals surface area contributed by atoms with Crippen molar-refractivity contribution in [1.82, 2.24) is 20.1 Å². The number of amides is 1. The normalized spacial score (nSPS) is 11.3. The molecule has 0 saturated heterocycles. The minimum Gasteiger partial charge on any atom is -0.495 e. The number of thioether (sulfide) groups is 1. The summed E-state index contributed by atoms with van der Waals surface area (Å²) in [5, 5.41) is 22.8. The molecule has 0 atom stereocenters. The minimum atomic E-state index is -4.42. The van der Waals surface area contributed by atoms with E-state index in [1.54, 1.807) is 35.8 Å². The molecule has 3 aromatic carbocycles. The number of alkyl halides is 3. The van der Waals surface area contributed by atoms with Crippen molar-refractivity contribution in [3.8, 4) is 11.4 Å². The zero-order valence-electron chi connectivity index (χ0n) is 20.7. The van der Waals surface area contributed by atoms with Gasteiger partial charge in [0.2, 0.25) is 0 Å². The van der Waals surface area contributed by atoms with Gasteiger partial charge in [-0.25, -0.2) is 0 Å². The Bertz CT molecular complexity index is 1510. The molecular formula is C26H22F3N5O4S. The van der Waals surface area contributed by atoms with Crippen LogP contribution < -0.4 is 10.1 Å². The molecule has 13 heteroatoms. The number of hydrogen-bond donors (Lipinski definition) is 1. The number of nitro benzene ring substituents is 1. The Hall–Kier alpha value is -4.39. The number of nitro groups is 1. The number of methoxy groups -OCH3 is 1. The summed E-state index contributed by atoms with van der Waals surface area (Å²) >= 11 is 1.25. The molecule has 39 heavy (non-hydrogen) atoms. The summed E-state index contributed by atoms with van der Waals surface area (Å²) in [6.45, 7) is 1.52. The predicted molar refractivity (Wildman–Crippen MR) is 138 cm³/mol. The van der Waals surface area contributed by atoms with Gasteiger partial charge in [0, 0.05) is 22.9 Å². The second-order valence-corrected chi connectivity index (χ2v) is 9.27. The van der Waals surface area contributed by atoms with Gasteiger partial charge in [-0.15, -0.1) is 10.2 Å². The van der Waals surface area contributed by atoms with Crippen LogP contribution in [-0.2, 0) is 18.5 Å². The van der Waals surface area contributed by atoms with E-state index in [1.807, 2.05) is 0 Å². The highest BCUT2D eigenvalue weighted by molar-refractivity contribution is 7.98. The van der Waals surface area contributed by atoms with Crippen LogP contribution in [-0.4, -0.2) is 32.7 Å². The standard InChI is InChI=1S/C26H22F3N5O4S/c1-16-7-10-18(13-21(16)34(36)37)24(35)30-14-23-31-32-25(33(23)20-5-3-4-6-22(20)38-2)39-15-17-8-11-19(12-9-17)26(27,28)29/h3-13H,14-15H2,1-2H3,(H,30,35). The molecule has 0 spiro atoms. The number of benzene rings is 3. The van der Waals surface area contributed by atoms with Crippen molar-refractivity contribution in [3.63, 3.8) is 0 Å². The van der Waals surface area contributed by atoms with Crippen LogP contribution >= 0.6 is 11.8 Å². The summed E-state index contributed by atoms with van der Waals surface area (Å²) in [4.78, 5) is 23.5. The molecule has 1 N–H and O–H groups in total. The van der Waals surface area contributed by atoms with Crippen LogP contribution in [0.4, 0.5) is 18.9 Å². The molecule has 0 aliphatic heterocycles. The molecule has 1 aromatic heterocycles. The lowest BCUT2D eigenvalue weighted by Gasteiger charge is -2.14. The van der Waals surface area contributed by atoms with E-state index in [-0.39, 0.29) is 17.8 Å². The molecule has 0 radical (unpaired) electrons. The molecule has 9 nitrogen and oxygen atoms in total. The first kappa shape index (κ1) is 27.6. The van der Waals surface area contributed by atoms with Crippen molar-refractivity contribution in [2.75, 3.05) is 7.11 Å². The third-order valence-electron chi connectivity index (χ3n) is 5.75. The van der Waals surface area contributed by atoms with Gasteiger partial charge >= 0.3 is 6.18 Å². The van der Waals surface area contributed by atoms with E-state index in [0.717, 1.165) is 12.1 Å². The molecule has 0 unspecified atom stereocenters. The zero-order valence-corrected chi connectivity index (χ0v) is 21.5. The number of hydrogen-bond acceptors (Lipinski definition) is 7. The Balaban J connectivity index is 1.59. The van der Waals surface area contributed by atoms with Crippen molar-refractivity contribution in [3.05, 3.63) is 105 Å². The van der Waals surface area contributed by atoms with E-state index >= 15 is 0 Å². The molecule has 0 aliphatic carbocycles. The smallest absolute Gasteiger partial charge is 0.416 e. The molecule has 202 valence electrons. The molecule has 0 aliphatic rings. The first-order valence-corrected chi connectivity index (χ1v) is 12.5. The highest BCUT2D eigenvalue weighted by Gasteiger charge is 2.30. The molecular weight excluding hydrogens is 535 g/mol. The maximum absolute atomic E-state index is 12.9. The average molecular weight is 558 g/mol. The number of para-hydroxylation sites is 2. The first-order chi connectivity index (χ1) is 18.6. The lowest BCUT2D eigenvalue weighted by molar-refractivity contribution is -0.385. The predicted octanol–water partition coefficient (Wildman–Crippen LogP) is 5.73. The Kier molecular flexibility index (Phi) is 8.19. The van der Waals surface area contributed by atoms with Crippen LogP contribution in [0.15, 0.2) is 71.9 Å². The number of aryl methyl sites for hydroxylation is 1. The van der Waals surface area contributed by atoms with Gasteiger partial charge in [-0.2, -0.15) is 13.2 Å². The SMILES string of the molecule is COc1ccccc1-n1c(CNC(=O)c2ccc(C)c([N+](=O)[O-])c2)nnc1SCc1ccc(C(F)(F)F)cc1. The highest BCUT2D eigenvalue weighted by atomic mass is 32.2. The number of nitrogens with zero attached hydrogens (tertiary/aromatic N) is 4. The Morgan fingerprint density at radius 1 is 1.10 bits per heavy atom. The average Bonchev–Trinajstić information content (AvgIpc) is 3.32. The molecule has 1 amide bonds. The van der Waals surface area contributed by atoms with E-state index in [0.29, 0.717) is 39.3 Å². The van der Waals surface area contributed by atoms with E-state index < -0.39 is 22.6 Å². The van der Waals surface area contributed by atoms with Crippen molar-refractivity contribution in [2.24, 2.45) is 0 Å². The van der Waals surface area contributed by atoms with Crippen molar-refractivity contribution in [2.45, 2.75) is 30.6 Å². The van der Waals surface area contributed by atoms with E-state index in [4.69, 9.17) is 4.74 Å². The molecule has 0 saturated carbocycles. The fourth-order valence-electron chi connectivity index (χ4n) is 3.71. The largest absolute Gasteiger partial charge is 0.495 e. The van der Waals surface area contributed by atoms with Gasteiger partial charge in [-0.05, 0) is 42.8 Å². The highest BCUT2D eigenvalue weighted by Crippen LogP contribution is 2.32. The number of ether oxygens (including phenoxy) is 1. The second kappa shape index (κ2) is 11.6. The van der Waals surface area contributed by atoms with Crippen LogP contribution in [0.25, 0.3) is 5.69 Å². The number of aromatic nitrogens is 3. The topological polar surface area (TPSA) is 112 Å². The van der Waals surface area contributed by atoms with Gasteiger partial charge in [0.1, 0.15) is 5.75 Å². The van der Waals surface area contributed by atoms with Gasteiger partial charge < -0.3 is 10.1 Å². The van der Waals surface area contributed by atoms with Crippen LogP contribution in [0.5, 0.6) is 5.75 Å². The number of carbonyl (C=O) groups excluding carboxylic acids is 1. The molecule has 4 aromatic rings. The lowest BCUT2D eigenvalue weighted by atomic mass is 10.1. The summed E-state index contributed by atoms with van der Waals surface area (Å²) in [7, 11) is 1.50. The Labute approximate surface area is 225 Å². The quantitative estimate of drug-likeness (QED) is 0.159. The number of rotatable bonds is 9. The van der Waals surface area contributed by atoms with Gasteiger partial charge in [0.05, 0.1) is 29.8 Å².